The highest BCUT2D eigenvalue weighted by molar-refractivity contribution is 7.99. The van der Waals surface area contributed by atoms with Gasteiger partial charge in [0.15, 0.2) is 0 Å². The fourth-order valence-electron chi connectivity index (χ4n) is 2.30. The lowest BCUT2D eigenvalue weighted by atomic mass is 10.1. The largest absolute Gasteiger partial charge is 0.397 e. The van der Waals surface area contributed by atoms with Crippen molar-refractivity contribution in [1.82, 2.24) is 5.32 Å². The zero-order valence-corrected chi connectivity index (χ0v) is 12.3. The van der Waals surface area contributed by atoms with Crippen molar-refractivity contribution in [2.24, 2.45) is 0 Å². The van der Waals surface area contributed by atoms with E-state index in [1.54, 1.807) is 6.07 Å². The van der Waals surface area contributed by atoms with Crippen molar-refractivity contribution in [2.75, 3.05) is 35.2 Å². The summed E-state index contributed by atoms with van der Waals surface area (Å²) in [7, 11) is 0. The summed E-state index contributed by atoms with van der Waals surface area (Å²) in [5.41, 5.74) is 8.47. The second kappa shape index (κ2) is 6.19. The number of rotatable bonds is 3. The lowest BCUT2D eigenvalue weighted by Gasteiger charge is -2.35. The number of carbonyl (C=O) groups excluding carboxylic acids is 1. The van der Waals surface area contributed by atoms with Crippen LogP contribution in [0.5, 0.6) is 0 Å². The molecule has 5 heteroatoms. The van der Waals surface area contributed by atoms with Gasteiger partial charge in [0.25, 0.3) is 5.91 Å². The lowest BCUT2D eigenvalue weighted by molar-refractivity contribution is 0.0956. The van der Waals surface area contributed by atoms with Crippen molar-refractivity contribution in [2.45, 2.75) is 19.9 Å². The predicted molar refractivity (Wildman–Crippen MR) is 83.0 cm³/mol. The summed E-state index contributed by atoms with van der Waals surface area (Å²) in [5.74, 6) is 2.18. The van der Waals surface area contributed by atoms with E-state index in [0.29, 0.717) is 23.8 Å². The molecule has 1 saturated heterocycles. The highest BCUT2D eigenvalue weighted by atomic mass is 32.2. The molecular formula is C14H21N3OS. The molecule has 1 aromatic carbocycles. The van der Waals surface area contributed by atoms with Gasteiger partial charge in [-0.25, -0.2) is 0 Å². The van der Waals surface area contributed by atoms with E-state index >= 15 is 0 Å². The van der Waals surface area contributed by atoms with E-state index in [1.807, 2.05) is 30.8 Å². The molecule has 0 spiro atoms. The summed E-state index contributed by atoms with van der Waals surface area (Å²) in [6.07, 6.45) is 0. The predicted octanol–water partition coefficient (Wildman–Crippen LogP) is 1.96. The molecule has 0 bridgehead atoms. The number of benzene rings is 1. The fraction of sp³-hybridized carbons (Fsp3) is 0.500. The Labute approximate surface area is 118 Å². The third kappa shape index (κ3) is 3.15. The van der Waals surface area contributed by atoms with Crippen LogP contribution in [-0.4, -0.2) is 36.5 Å². The van der Waals surface area contributed by atoms with E-state index < -0.39 is 0 Å². The molecule has 0 aliphatic carbocycles. The quantitative estimate of drug-likeness (QED) is 0.831. The number of nitrogens with one attached hydrogen (secondary N) is 1. The van der Waals surface area contributed by atoms with Gasteiger partial charge in [-0.3, -0.25) is 4.79 Å². The molecule has 1 unspecified atom stereocenters. The van der Waals surface area contributed by atoms with Crippen LogP contribution in [0.25, 0.3) is 0 Å². The van der Waals surface area contributed by atoms with Crippen LogP contribution < -0.4 is 16.0 Å². The first kappa shape index (κ1) is 14.1. The monoisotopic (exact) mass is 279 g/mol. The molecule has 1 aliphatic rings. The Morgan fingerprint density at radius 3 is 3.00 bits per heavy atom. The van der Waals surface area contributed by atoms with E-state index in [9.17, 15) is 4.79 Å². The summed E-state index contributed by atoms with van der Waals surface area (Å²) >= 11 is 1.98. The van der Waals surface area contributed by atoms with Gasteiger partial charge >= 0.3 is 0 Å². The molecule has 1 amide bonds. The fourth-order valence-corrected chi connectivity index (χ4v) is 3.32. The third-order valence-electron chi connectivity index (χ3n) is 3.30. The number of thioether (sulfide) groups is 1. The molecule has 19 heavy (non-hydrogen) atoms. The number of hydrogen-bond acceptors (Lipinski definition) is 4. The molecular weight excluding hydrogens is 258 g/mol. The van der Waals surface area contributed by atoms with Crippen molar-refractivity contribution in [3.8, 4) is 0 Å². The van der Waals surface area contributed by atoms with Crippen molar-refractivity contribution in [3.05, 3.63) is 23.8 Å². The molecule has 0 saturated carbocycles. The molecule has 104 valence electrons. The maximum Gasteiger partial charge on any atom is 0.251 e. The zero-order valence-electron chi connectivity index (χ0n) is 11.5. The van der Waals surface area contributed by atoms with E-state index in [2.05, 4.69) is 17.1 Å². The van der Waals surface area contributed by atoms with Gasteiger partial charge in [0.05, 0.1) is 11.4 Å². The number of carbonyl (C=O) groups is 1. The summed E-state index contributed by atoms with van der Waals surface area (Å²) in [4.78, 5) is 14.1. The number of nitrogens with zero attached hydrogens (tertiary/aromatic N) is 1. The molecule has 3 N–H and O–H groups in total. The van der Waals surface area contributed by atoms with Crippen LogP contribution >= 0.6 is 11.8 Å². The summed E-state index contributed by atoms with van der Waals surface area (Å²) in [5, 5.41) is 2.79. The van der Waals surface area contributed by atoms with Crippen molar-refractivity contribution in [1.29, 1.82) is 0 Å². The third-order valence-corrected chi connectivity index (χ3v) is 4.49. The zero-order chi connectivity index (χ0) is 13.8. The maximum absolute atomic E-state index is 11.8. The average Bonchev–Trinajstić information content (AvgIpc) is 2.40. The van der Waals surface area contributed by atoms with Gasteiger partial charge in [-0.15, -0.1) is 0 Å². The van der Waals surface area contributed by atoms with Gasteiger partial charge in [0.2, 0.25) is 0 Å². The second-order valence-electron chi connectivity index (χ2n) is 4.75. The van der Waals surface area contributed by atoms with Crippen LogP contribution in [0, 0.1) is 0 Å². The van der Waals surface area contributed by atoms with E-state index in [1.165, 1.54) is 0 Å². The Morgan fingerprint density at radius 2 is 2.37 bits per heavy atom. The Balaban J connectivity index is 2.21. The standard InChI is InChI=1S/C14H21N3OS/c1-3-16-14(18)11-4-5-13(12(15)8-11)17-6-7-19-9-10(17)2/h4-5,8,10H,3,6-7,9,15H2,1-2H3,(H,16,18). The minimum Gasteiger partial charge on any atom is -0.397 e. The van der Waals surface area contributed by atoms with Crippen LogP contribution in [0.3, 0.4) is 0 Å². The van der Waals surface area contributed by atoms with Gasteiger partial charge in [-0.2, -0.15) is 11.8 Å². The number of amides is 1. The van der Waals surface area contributed by atoms with Crippen molar-refractivity contribution >= 4 is 29.0 Å². The number of anilines is 2. The minimum atomic E-state index is -0.0667. The Bertz CT molecular complexity index is 464. The molecule has 1 atom stereocenters. The van der Waals surface area contributed by atoms with Crippen LogP contribution in [-0.2, 0) is 0 Å². The first-order valence-electron chi connectivity index (χ1n) is 6.65. The van der Waals surface area contributed by atoms with Crippen LogP contribution in [0.4, 0.5) is 11.4 Å². The average molecular weight is 279 g/mol. The highest BCUT2D eigenvalue weighted by Gasteiger charge is 2.21. The van der Waals surface area contributed by atoms with Gasteiger partial charge in [-0.1, -0.05) is 0 Å². The van der Waals surface area contributed by atoms with Crippen LogP contribution in [0.2, 0.25) is 0 Å². The Morgan fingerprint density at radius 1 is 1.58 bits per heavy atom. The first-order valence-corrected chi connectivity index (χ1v) is 7.81. The van der Waals surface area contributed by atoms with E-state index in [-0.39, 0.29) is 5.91 Å². The van der Waals surface area contributed by atoms with Crippen LogP contribution in [0.1, 0.15) is 24.2 Å². The van der Waals surface area contributed by atoms with E-state index in [0.717, 1.165) is 23.7 Å². The maximum atomic E-state index is 11.8. The Kier molecular flexibility index (Phi) is 4.58. The first-order chi connectivity index (χ1) is 9.13. The number of nitrogens with two attached hydrogens (primary N) is 1. The molecule has 2 rings (SSSR count). The summed E-state index contributed by atoms with van der Waals surface area (Å²) in [6.45, 7) is 5.75. The van der Waals surface area contributed by atoms with Crippen molar-refractivity contribution < 1.29 is 4.79 Å². The van der Waals surface area contributed by atoms with E-state index in [4.69, 9.17) is 5.73 Å². The molecule has 0 radical (unpaired) electrons. The number of hydrogen-bond donors (Lipinski definition) is 2. The smallest absolute Gasteiger partial charge is 0.251 e. The van der Waals surface area contributed by atoms with Gasteiger partial charge in [0, 0.05) is 36.2 Å². The Hall–Kier alpha value is -1.36. The normalized spacial score (nSPS) is 19.3. The van der Waals surface area contributed by atoms with Crippen molar-refractivity contribution in [3.63, 3.8) is 0 Å². The topological polar surface area (TPSA) is 58.4 Å². The molecule has 0 aromatic heterocycles. The second-order valence-corrected chi connectivity index (χ2v) is 5.90. The number of nitrogen functional groups attached to an aromatic ring is 1. The van der Waals surface area contributed by atoms with Gasteiger partial charge in [-0.05, 0) is 32.0 Å². The SMILES string of the molecule is CCNC(=O)c1ccc(N2CCSCC2C)c(N)c1. The molecule has 1 aromatic rings. The summed E-state index contributed by atoms with van der Waals surface area (Å²) < 4.78 is 0. The molecule has 4 nitrogen and oxygen atoms in total. The van der Waals surface area contributed by atoms with Gasteiger partial charge in [0.1, 0.15) is 0 Å². The molecule has 1 fully saturated rings. The van der Waals surface area contributed by atoms with Gasteiger partial charge < -0.3 is 16.0 Å². The summed E-state index contributed by atoms with van der Waals surface area (Å²) in [6, 6.07) is 6.07. The highest BCUT2D eigenvalue weighted by Crippen LogP contribution is 2.29. The van der Waals surface area contributed by atoms with Crippen LogP contribution in [0.15, 0.2) is 18.2 Å². The molecule has 1 heterocycles. The minimum absolute atomic E-state index is 0.0667. The molecule has 1 aliphatic heterocycles. The lowest BCUT2D eigenvalue weighted by Crippen LogP contribution is -2.40.